The number of hydrogen-bond donors (Lipinski definition) is 1. The Kier molecular flexibility index (Phi) is 3.80. The van der Waals surface area contributed by atoms with Crippen molar-refractivity contribution in [3.63, 3.8) is 0 Å². The maximum Gasteiger partial charge on any atom is 0.0733 e. The van der Waals surface area contributed by atoms with Crippen molar-refractivity contribution in [3.8, 4) is 0 Å². The molecule has 0 aliphatic heterocycles. The Hall–Kier alpha value is -1.06. The molecule has 1 saturated carbocycles. The minimum absolute atomic E-state index is 0.437. The lowest BCUT2D eigenvalue weighted by Crippen LogP contribution is -2.40. The van der Waals surface area contributed by atoms with Crippen LogP contribution >= 0.6 is 0 Å². The van der Waals surface area contributed by atoms with E-state index in [0.717, 1.165) is 12.8 Å². The highest BCUT2D eigenvalue weighted by atomic mass is 16.5. The standard InChI is InChI=1S/C13H19NO2/c1-15-9-10-5-3-4-6-13(10)14-11-7-12(8-11)16-2/h3-6,11-12,14H,7-9H2,1-2H3. The van der Waals surface area contributed by atoms with Gasteiger partial charge in [0.15, 0.2) is 0 Å². The van der Waals surface area contributed by atoms with Crippen LogP contribution in [0, 0.1) is 0 Å². The van der Waals surface area contributed by atoms with Crippen LogP contribution in [0.4, 0.5) is 5.69 Å². The zero-order chi connectivity index (χ0) is 11.4. The summed E-state index contributed by atoms with van der Waals surface area (Å²) in [6.07, 6.45) is 2.63. The number of benzene rings is 1. The number of ether oxygens (including phenoxy) is 2. The van der Waals surface area contributed by atoms with Gasteiger partial charge in [0.2, 0.25) is 0 Å². The van der Waals surface area contributed by atoms with Crippen molar-refractivity contribution in [2.45, 2.75) is 31.6 Å². The maximum absolute atomic E-state index is 5.27. The molecule has 0 unspecified atom stereocenters. The van der Waals surface area contributed by atoms with Crippen LogP contribution in [0.15, 0.2) is 24.3 Å². The quantitative estimate of drug-likeness (QED) is 0.828. The molecule has 0 saturated heterocycles. The van der Waals surface area contributed by atoms with Crippen LogP contribution < -0.4 is 5.32 Å². The van der Waals surface area contributed by atoms with E-state index in [1.54, 1.807) is 14.2 Å². The minimum atomic E-state index is 0.437. The first-order chi connectivity index (χ1) is 7.83. The van der Waals surface area contributed by atoms with Crippen LogP contribution in [0.2, 0.25) is 0 Å². The third-order valence-electron chi connectivity index (χ3n) is 3.10. The number of nitrogens with one attached hydrogen (secondary N) is 1. The zero-order valence-electron chi connectivity index (χ0n) is 9.90. The van der Waals surface area contributed by atoms with Crippen molar-refractivity contribution < 1.29 is 9.47 Å². The van der Waals surface area contributed by atoms with Gasteiger partial charge in [0.25, 0.3) is 0 Å². The Morgan fingerprint density at radius 2 is 2.00 bits per heavy atom. The molecule has 1 fully saturated rings. The van der Waals surface area contributed by atoms with Gasteiger partial charge in [0.05, 0.1) is 12.7 Å². The second-order valence-corrected chi connectivity index (χ2v) is 4.26. The van der Waals surface area contributed by atoms with E-state index in [1.807, 2.05) is 12.1 Å². The highest BCUT2D eigenvalue weighted by Gasteiger charge is 2.28. The first-order valence-electron chi connectivity index (χ1n) is 5.69. The number of hydrogen-bond acceptors (Lipinski definition) is 3. The predicted octanol–water partition coefficient (Wildman–Crippen LogP) is 2.42. The van der Waals surface area contributed by atoms with E-state index in [-0.39, 0.29) is 0 Å². The van der Waals surface area contributed by atoms with E-state index >= 15 is 0 Å². The summed E-state index contributed by atoms with van der Waals surface area (Å²) < 4.78 is 10.4. The largest absolute Gasteiger partial charge is 0.382 e. The van der Waals surface area contributed by atoms with Crippen LogP contribution in [-0.4, -0.2) is 26.4 Å². The van der Waals surface area contributed by atoms with Gasteiger partial charge in [-0.05, 0) is 18.9 Å². The smallest absolute Gasteiger partial charge is 0.0733 e. The Balaban J connectivity index is 1.93. The monoisotopic (exact) mass is 221 g/mol. The summed E-state index contributed by atoms with van der Waals surface area (Å²) in [7, 11) is 3.50. The molecule has 2 rings (SSSR count). The molecule has 0 bridgehead atoms. The SMILES string of the molecule is COCc1ccccc1NC1CC(OC)C1. The Morgan fingerprint density at radius 1 is 1.25 bits per heavy atom. The summed E-state index contributed by atoms with van der Waals surface area (Å²) in [5.41, 5.74) is 2.40. The van der Waals surface area contributed by atoms with Gasteiger partial charge in [-0.3, -0.25) is 0 Å². The lowest BCUT2D eigenvalue weighted by molar-refractivity contribution is 0.0328. The summed E-state index contributed by atoms with van der Waals surface area (Å²) in [5, 5.41) is 3.54. The van der Waals surface area contributed by atoms with Gasteiger partial charge in [0, 0.05) is 31.5 Å². The normalized spacial score (nSPS) is 23.9. The number of methoxy groups -OCH3 is 2. The second-order valence-electron chi connectivity index (χ2n) is 4.26. The molecule has 16 heavy (non-hydrogen) atoms. The second kappa shape index (κ2) is 5.32. The molecule has 1 aromatic rings. The van der Waals surface area contributed by atoms with Crippen molar-refractivity contribution in [1.29, 1.82) is 0 Å². The molecule has 3 nitrogen and oxygen atoms in total. The van der Waals surface area contributed by atoms with Crippen molar-refractivity contribution in [2.75, 3.05) is 19.5 Å². The first-order valence-corrected chi connectivity index (χ1v) is 5.69. The molecule has 0 radical (unpaired) electrons. The fraction of sp³-hybridized carbons (Fsp3) is 0.538. The van der Waals surface area contributed by atoms with E-state index in [1.165, 1.54) is 11.3 Å². The highest BCUT2D eigenvalue weighted by molar-refractivity contribution is 5.51. The molecule has 3 heteroatoms. The van der Waals surface area contributed by atoms with Crippen LogP contribution in [0.1, 0.15) is 18.4 Å². The predicted molar refractivity (Wildman–Crippen MR) is 64.6 cm³/mol. The topological polar surface area (TPSA) is 30.5 Å². The van der Waals surface area contributed by atoms with Crippen molar-refractivity contribution >= 4 is 5.69 Å². The molecule has 0 aromatic heterocycles. The average molecular weight is 221 g/mol. The van der Waals surface area contributed by atoms with Crippen LogP contribution in [0.3, 0.4) is 0 Å². The molecule has 0 heterocycles. The molecule has 0 spiro atoms. The van der Waals surface area contributed by atoms with Gasteiger partial charge < -0.3 is 14.8 Å². The molecular formula is C13H19NO2. The van der Waals surface area contributed by atoms with Crippen LogP contribution in [-0.2, 0) is 16.1 Å². The van der Waals surface area contributed by atoms with Gasteiger partial charge >= 0.3 is 0 Å². The van der Waals surface area contributed by atoms with Crippen LogP contribution in [0.25, 0.3) is 0 Å². The van der Waals surface area contributed by atoms with Gasteiger partial charge in [-0.15, -0.1) is 0 Å². The van der Waals surface area contributed by atoms with Gasteiger partial charge in [-0.1, -0.05) is 18.2 Å². The molecule has 0 atom stereocenters. The number of para-hydroxylation sites is 1. The Morgan fingerprint density at radius 3 is 2.69 bits per heavy atom. The highest BCUT2D eigenvalue weighted by Crippen LogP contribution is 2.27. The fourth-order valence-electron chi connectivity index (χ4n) is 2.04. The molecule has 88 valence electrons. The summed E-state index contributed by atoms with van der Waals surface area (Å²) in [6, 6.07) is 8.84. The van der Waals surface area contributed by atoms with E-state index < -0.39 is 0 Å². The fourth-order valence-corrected chi connectivity index (χ4v) is 2.04. The minimum Gasteiger partial charge on any atom is -0.382 e. The zero-order valence-corrected chi connectivity index (χ0v) is 9.90. The number of rotatable bonds is 5. The summed E-state index contributed by atoms with van der Waals surface area (Å²) in [4.78, 5) is 0. The molecule has 1 aliphatic carbocycles. The van der Waals surface area contributed by atoms with Crippen LogP contribution in [0.5, 0.6) is 0 Å². The third kappa shape index (κ3) is 2.54. The van der Waals surface area contributed by atoms with Crippen molar-refractivity contribution in [3.05, 3.63) is 29.8 Å². The molecule has 1 aromatic carbocycles. The van der Waals surface area contributed by atoms with Crippen molar-refractivity contribution in [1.82, 2.24) is 0 Å². The van der Waals surface area contributed by atoms with Gasteiger partial charge in [-0.2, -0.15) is 0 Å². The third-order valence-corrected chi connectivity index (χ3v) is 3.10. The van der Waals surface area contributed by atoms with E-state index in [9.17, 15) is 0 Å². The molecule has 1 aliphatic rings. The average Bonchev–Trinajstić information content (AvgIpc) is 2.25. The maximum atomic E-state index is 5.27. The summed E-state index contributed by atoms with van der Waals surface area (Å²) in [5.74, 6) is 0. The first kappa shape index (κ1) is 11.4. The van der Waals surface area contributed by atoms with E-state index in [4.69, 9.17) is 9.47 Å². The van der Waals surface area contributed by atoms with E-state index in [0.29, 0.717) is 18.8 Å². The van der Waals surface area contributed by atoms with Crippen molar-refractivity contribution in [2.24, 2.45) is 0 Å². The van der Waals surface area contributed by atoms with Gasteiger partial charge in [-0.25, -0.2) is 0 Å². The number of anilines is 1. The van der Waals surface area contributed by atoms with Gasteiger partial charge in [0.1, 0.15) is 0 Å². The Labute approximate surface area is 96.8 Å². The summed E-state index contributed by atoms with van der Waals surface area (Å²) >= 11 is 0. The van der Waals surface area contributed by atoms with E-state index in [2.05, 4.69) is 17.4 Å². The molecule has 1 N–H and O–H groups in total. The molecule has 0 amide bonds. The summed E-state index contributed by atoms with van der Waals surface area (Å²) in [6.45, 7) is 0.656. The molecular weight excluding hydrogens is 202 g/mol. The lowest BCUT2D eigenvalue weighted by Gasteiger charge is -2.35. The Bertz CT molecular complexity index is 334. The lowest BCUT2D eigenvalue weighted by atomic mass is 9.89.